The Kier molecular flexibility index (Phi) is 3.43. The molecule has 100 valence electrons. The first-order valence-corrected chi connectivity index (χ1v) is 6.72. The third-order valence-corrected chi connectivity index (χ3v) is 3.66. The molecule has 0 fully saturated rings. The van der Waals surface area contributed by atoms with Gasteiger partial charge in [-0.3, -0.25) is 0 Å². The molecule has 0 spiro atoms. The van der Waals surface area contributed by atoms with Crippen LogP contribution in [0.5, 0.6) is 0 Å². The summed E-state index contributed by atoms with van der Waals surface area (Å²) < 4.78 is 13.9. The summed E-state index contributed by atoms with van der Waals surface area (Å²) in [5.74, 6) is -0.338. The second-order valence-electron chi connectivity index (χ2n) is 4.75. The zero-order valence-electron chi connectivity index (χ0n) is 10.7. The number of nitrogens with two attached hydrogens (primary N) is 1. The largest absolute Gasteiger partial charge is 0.320 e. The molecule has 0 bridgehead atoms. The van der Waals surface area contributed by atoms with E-state index < -0.39 is 6.04 Å². The van der Waals surface area contributed by atoms with E-state index >= 15 is 0 Å². The quantitative estimate of drug-likeness (QED) is 0.727. The molecule has 0 saturated heterocycles. The van der Waals surface area contributed by atoms with E-state index in [0.29, 0.717) is 10.6 Å². The lowest BCUT2D eigenvalue weighted by atomic mass is 9.96. The molecule has 0 radical (unpaired) electrons. The van der Waals surface area contributed by atoms with E-state index in [1.807, 2.05) is 42.5 Å². The van der Waals surface area contributed by atoms with Crippen LogP contribution in [-0.2, 0) is 0 Å². The monoisotopic (exact) mass is 285 g/mol. The highest BCUT2D eigenvalue weighted by molar-refractivity contribution is 6.30. The van der Waals surface area contributed by atoms with E-state index in [4.69, 9.17) is 17.3 Å². The summed E-state index contributed by atoms with van der Waals surface area (Å²) in [6.45, 7) is 0. The van der Waals surface area contributed by atoms with Gasteiger partial charge in [0.25, 0.3) is 0 Å². The molecule has 1 unspecified atom stereocenters. The van der Waals surface area contributed by atoms with Crippen LogP contribution in [0.1, 0.15) is 17.2 Å². The van der Waals surface area contributed by atoms with Crippen molar-refractivity contribution < 1.29 is 4.39 Å². The molecule has 0 amide bonds. The molecular formula is C17H13ClFN. The van der Waals surface area contributed by atoms with Crippen molar-refractivity contribution in [2.24, 2.45) is 5.73 Å². The van der Waals surface area contributed by atoms with Crippen molar-refractivity contribution in [3.63, 3.8) is 0 Å². The Morgan fingerprint density at radius 3 is 2.45 bits per heavy atom. The maximum Gasteiger partial charge on any atom is 0.128 e. The lowest BCUT2D eigenvalue weighted by Crippen LogP contribution is -2.13. The number of rotatable bonds is 2. The Balaban J connectivity index is 2.07. The number of halogens is 2. The van der Waals surface area contributed by atoms with Crippen LogP contribution in [0, 0.1) is 5.82 Å². The van der Waals surface area contributed by atoms with Crippen LogP contribution in [0.15, 0.2) is 60.7 Å². The fourth-order valence-corrected chi connectivity index (χ4v) is 2.51. The summed E-state index contributed by atoms with van der Waals surface area (Å²) in [6, 6.07) is 17.8. The fourth-order valence-electron chi connectivity index (χ4n) is 2.33. The zero-order valence-corrected chi connectivity index (χ0v) is 11.4. The number of benzene rings is 3. The summed E-state index contributed by atoms with van der Waals surface area (Å²) in [7, 11) is 0. The number of hydrogen-bond donors (Lipinski definition) is 1. The minimum Gasteiger partial charge on any atom is -0.320 e. The molecule has 1 atom stereocenters. The first kappa shape index (κ1) is 13.1. The minimum absolute atomic E-state index is 0.338. The van der Waals surface area contributed by atoms with Gasteiger partial charge in [-0.25, -0.2) is 4.39 Å². The Morgan fingerprint density at radius 1 is 0.900 bits per heavy atom. The summed E-state index contributed by atoms with van der Waals surface area (Å²) >= 11 is 5.92. The van der Waals surface area contributed by atoms with Crippen molar-refractivity contribution in [2.75, 3.05) is 0 Å². The Hall–Kier alpha value is -1.90. The molecule has 0 heterocycles. The predicted molar refractivity (Wildman–Crippen MR) is 81.4 cm³/mol. The molecular weight excluding hydrogens is 273 g/mol. The van der Waals surface area contributed by atoms with Crippen molar-refractivity contribution in [3.05, 3.63) is 82.6 Å². The van der Waals surface area contributed by atoms with Crippen LogP contribution in [0.2, 0.25) is 5.02 Å². The smallest absolute Gasteiger partial charge is 0.128 e. The summed E-state index contributed by atoms with van der Waals surface area (Å²) in [5.41, 5.74) is 7.45. The molecule has 0 aromatic heterocycles. The van der Waals surface area contributed by atoms with Crippen molar-refractivity contribution in [2.45, 2.75) is 6.04 Å². The Morgan fingerprint density at radius 2 is 1.65 bits per heavy atom. The molecule has 3 aromatic carbocycles. The van der Waals surface area contributed by atoms with Gasteiger partial charge in [0.2, 0.25) is 0 Å². The molecule has 1 nitrogen and oxygen atoms in total. The molecule has 0 aliphatic heterocycles. The molecule has 20 heavy (non-hydrogen) atoms. The topological polar surface area (TPSA) is 26.0 Å². The van der Waals surface area contributed by atoms with Gasteiger partial charge in [0.15, 0.2) is 0 Å². The van der Waals surface area contributed by atoms with Crippen molar-refractivity contribution in [1.29, 1.82) is 0 Å². The standard InChI is InChI=1S/C17H13ClFN/c18-14-7-8-16(19)15(10-14)17(20)13-6-5-11-3-1-2-4-12(11)9-13/h1-10,17H,20H2. The summed E-state index contributed by atoms with van der Waals surface area (Å²) in [4.78, 5) is 0. The van der Waals surface area contributed by atoms with Crippen molar-refractivity contribution in [1.82, 2.24) is 0 Å². The molecule has 0 aliphatic carbocycles. The van der Waals surface area contributed by atoms with E-state index in [2.05, 4.69) is 0 Å². The summed E-state index contributed by atoms with van der Waals surface area (Å²) in [5, 5.41) is 2.70. The van der Waals surface area contributed by atoms with Crippen LogP contribution in [0.25, 0.3) is 10.8 Å². The maximum absolute atomic E-state index is 13.9. The SMILES string of the molecule is NC(c1ccc2ccccc2c1)c1cc(Cl)ccc1F. The first-order chi connectivity index (χ1) is 9.65. The van der Waals surface area contributed by atoms with Gasteiger partial charge in [-0.1, -0.05) is 48.0 Å². The lowest BCUT2D eigenvalue weighted by Gasteiger charge is -2.14. The van der Waals surface area contributed by atoms with E-state index in [9.17, 15) is 4.39 Å². The molecule has 0 aliphatic rings. The fraction of sp³-hybridized carbons (Fsp3) is 0.0588. The van der Waals surface area contributed by atoms with Gasteiger partial charge in [0, 0.05) is 10.6 Å². The predicted octanol–water partition coefficient (Wildman–Crippen LogP) is 4.68. The van der Waals surface area contributed by atoms with Crippen LogP contribution in [0.3, 0.4) is 0 Å². The highest BCUT2D eigenvalue weighted by Gasteiger charge is 2.14. The highest BCUT2D eigenvalue weighted by Crippen LogP contribution is 2.27. The normalized spacial score (nSPS) is 12.6. The maximum atomic E-state index is 13.9. The average Bonchev–Trinajstić information content (AvgIpc) is 2.48. The molecule has 3 aromatic rings. The van der Waals surface area contributed by atoms with E-state index in [1.165, 1.54) is 12.1 Å². The van der Waals surface area contributed by atoms with Gasteiger partial charge in [0.1, 0.15) is 5.82 Å². The second-order valence-corrected chi connectivity index (χ2v) is 5.19. The second kappa shape index (κ2) is 5.23. The molecule has 0 saturated carbocycles. The van der Waals surface area contributed by atoms with Gasteiger partial charge in [-0.2, -0.15) is 0 Å². The van der Waals surface area contributed by atoms with Gasteiger partial charge >= 0.3 is 0 Å². The van der Waals surface area contributed by atoms with Crippen LogP contribution < -0.4 is 5.73 Å². The van der Waals surface area contributed by atoms with Crippen LogP contribution in [0.4, 0.5) is 4.39 Å². The third-order valence-electron chi connectivity index (χ3n) is 3.43. The third kappa shape index (κ3) is 2.40. The highest BCUT2D eigenvalue weighted by atomic mass is 35.5. The number of fused-ring (bicyclic) bond motifs is 1. The van der Waals surface area contributed by atoms with Gasteiger partial charge in [-0.15, -0.1) is 0 Å². The molecule has 3 heteroatoms. The average molecular weight is 286 g/mol. The van der Waals surface area contributed by atoms with E-state index in [0.717, 1.165) is 16.3 Å². The Labute approximate surface area is 121 Å². The zero-order chi connectivity index (χ0) is 14.1. The minimum atomic E-state index is -0.529. The van der Waals surface area contributed by atoms with E-state index in [-0.39, 0.29) is 5.82 Å². The lowest BCUT2D eigenvalue weighted by molar-refractivity contribution is 0.600. The number of hydrogen-bond acceptors (Lipinski definition) is 1. The van der Waals surface area contributed by atoms with Gasteiger partial charge in [-0.05, 0) is 40.6 Å². The Bertz CT molecular complexity index is 770. The van der Waals surface area contributed by atoms with Crippen molar-refractivity contribution >= 4 is 22.4 Å². The van der Waals surface area contributed by atoms with E-state index in [1.54, 1.807) is 6.07 Å². The molecule has 3 rings (SSSR count). The first-order valence-electron chi connectivity index (χ1n) is 6.34. The van der Waals surface area contributed by atoms with Gasteiger partial charge in [0.05, 0.1) is 6.04 Å². The van der Waals surface area contributed by atoms with Gasteiger partial charge < -0.3 is 5.73 Å². The van der Waals surface area contributed by atoms with Crippen molar-refractivity contribution in [3.8, 4) is 0 Å². The molecule has 2 N–H and O–H groups in total. The van der Waals surface area contributed by atoms with Crippen LogP contribution in [-0.4, -0.2) is 0 Å². The van der Waals surface area contributed by atoms with Crippen LogP contribution >= 0.6 is 11.6 Å². The summed E-state index contributed by atoms with van der Waals surface area (Å²) in [6.07, 6.45) is 0.